The second-order valence-electron chi connectivity index (χ2n) is 6.58. The number of aromatic nitrogens is 4. The molecular weight excluding hydrogens is 432 g/mol. The number of H-pyrrole nitrogens is 1. The van der Waals surface area contributed by atoms with Crippen molar-refractivity contribution in [3.05, 3.63) is 64.8 Å². The van der Waals surface area contributed by atoms with E-state index < -0.39 is 11.9 Å². The van der Waals surface area contributed by atoms with Crippen LogP contribution in [0.15, 0.2) is 48.9 Å². The molecule has 0 bridgehead atoms. The van der Waals surface area contributed by atoms with Gasteiger partial charge in [-0.15, -0.1) is 0 Å². The number of aliphatic hydroxyl groups is 1. The number of nitrogens with one attached hydrogen (secondary N) is 1. The van der Waals surface area contributed by atoms with E-state index in [1.165, 1.54) is 24.5 Å². The van der Waals surface area contributed by atoms with Gasteiger partial charge in [0.05, 0.1) is 40.0 Å². The van der Waals surface area contributed by atoms with Gasteiger partial charge in [-0.2, -0.15) is 5.10 Å². The zero-order valence-electron chi connectivity index (χ0n) is 15.7. The number of hydrogen-bond donors (Lipinski definition) is 2. The van der Waals surface area contributed by atoms with Gasteiger partial charge in [0.1, 0.15) is 29.5 Å². The molecule has 0 aliphatic heterocycles. The minimum Gasteiger partial charge on any atom is -0.456 e. The Morgan fingerprint density at radius 2 is 2.00 bits per heavy atom. The smallest absolute Gasteiger partial charge is 0.160 e. The lowest BCUT2D eigenvalue weighted by molar-refractivity contribution is 0.203. The van der Waals surface area contributed by atoms with Crippen LogP contribution < -0.4 is 9.64 Å². The van der Waals surface area contributed by atoms with Crippen LogP contribution in [0.2, 0.25) is 10.0 Å². The molecule has 4 rings (SSSR count). The number of ether oxygens (including phenoxy) is 1. The van der Waals surface area contributed by atoms with Gasteiger partial charge in [0.15, 0.2) is 5.65 Å². The molecule has 4 aromatic rings. The van der Waals surface area contributed by atoms with Crippen LogP contribution in [0.3, 0.4) is 0 Å². The summed E-state index contributed by atoms with van der Waals surface area (Å²) in [5, 5.41) is 18.0. The first kappa shape index (κ1) is 20.3. The molecule has 1 atom stereocenters. The Hall–Kier alpha value is -2.94. The van der Waals surface area contributed by atoms with E-state index in [0.29, 0.717) is 39.1 Å². The Kier molecular flexibility index (Phi) is 5.72. The Morgan fingerprint density at radius 1 is 1.17 bits per heavy atom. The van der Waals surface area contributed by atoms with Gasteiger partial charge < -0.3 is 14.7 Å². The lowest BCUT2D eigenvalue weighted by Crippen LogP contribution is -2.27. The Labute approximate surface area is 181 Å². The summed E-state index contributed by atoms with van der Waals surface area (Å²) in [5.41, 5.74) is 1.17. The number of halogens is 3. The highest BCUT2D eigenvalue weighted by Crippen LogP contribution is 2.38. The Balaban J connectivity index is 1.70. The molecule has 0 fully saturated rings. The van der Waals surface area contributed by atoms with Gasteiger partial charge in [0.2, 0.25) is 0 Å². The molecule has 0 spiro atoms. The summed E-state index contributed by atoms with van der Waals surface area (Å²) in [4.78, 5) is 10.3. The maximum Gasteiger partial charge on any atom is 0.160 e. The summed E-state index contributed by atoms with van der Waals surface area (Å²) in [5.74, 6) is 0.820. The molecule has 2 heterocycles. The van der Waals surface area contributed by atoms with Crippen molar-refractivity contribution in [1.82, 2.24) is 20.2 Å². The zero-order valence-corrected chi connectivity index (χ0v) is 17.2. The number of aliphatic hydroxyl groups excluding tert-OH is 1. The predicted octanol–water partition coefficient (Wildman–Crippen LogP) is 5.11. The van der Waals surface area contributed by atoms with Crippen LogP contribution in [-0.2, 0) is 0 Å². The molecule has 0 radical (unpaired) electrons. The summed E-state index contributed by atoms with van der Waals surface area (Å²) in [6, 6.07) is 8.92. The fourth-order valence-corrected chi connectivity index (χ4v) is 3.46. The van der Waals surface area contributed by atoms with E-state index in [1.807, 2.05) is 0 Å². The zero-order chi connectivity index (χ0) is 21.3. The molecule has 7 nitrogen and oxygen atoms in total. The average molecular weight is 448 g/mol. The summed E-state index contributed by atoms with van der Waals surface area (Å²) in [7, 11) is 0. The summed E-state index contributed by atoms with van der Waals surface area (Å²) < 4.78 is 19.0. The van der Waals surface area contributed by atoms with Crippen LogP contribution in [0.1, 0.15) is 6.92 Å². The monoisotopic (exact) mass is 447 g/mol. The van der Waals surface area contributed by atoms with Gasteiger partial charge in [-0.05, 0) is 37.3 Å². The second-order valence-corrected chi connectivity index (χ2v) is 7.39. The number of hydrogen-bond acceptors (Lipinski definition) is 6. The molecule has 2 N–H and O–H groups in total. The quantitative estimate of drug-likeness (QED) is 0.426. The normalized spacial score (nSPS) is 12.2. The van der Waals surface area contributed by atoms with Crippen molar-refractivity contribution in [2.45, 2.75) is 13.0 Å². The van der Waals surface area contributed by atoms with Crippen molar-refractivity contribution in [1.29, 1.82) is 0 Å². The fourth-order valence-electron chi connectivity index (χ4n) is 2.99. The van der Waals surface area contributed by atoms with E-state index >= 15 is 0 Å². The molecule has 1 unspecified atom stereocenters. The van der Waals surface area contributed by atoms with E-state index in [1.54, 1.807) is 36.2 Å². The number of rotatable bonds is 6. The number of fused-ring (bicyclic) bond motifs is 1. The van der Waals surface area contributed by atoms with Gasteiger partial charge in [0, 0.05) is 6.07 Å². The first-order valence-corrected chi connectivity index (χ1v) is 9.70. The first-order valence-electron chi connectivity index (χ1n) is 8.94. The third-order valence-electron chi connectivity index (χ3n) is 4.26. The summed E-state index contributed by atoms with van der Waals surface area (Å²) in [6.45, 7) is 1.91. The largest absolute Gasteiger partial charge is 0.456 e. The number of benzene rings is 2. The number of aromatic amines is 1. The van der Waals surface area contributed by atoms with Crippen LogP contribution in [-0.4, -0.2) is 37.9 Å². The SMILES string of the molecule is CC(O)CN(c1ccc(Oc2ccc(F)cc2Cl)cc1Cl)c1ncnc2[nH]ncc12. The summed E-state index contributed by atoms with van der Waals surface area (Å²) >= 11 is 12.6. The molecule has 30 heavy (non-hydrogen) atoms. The van der Waals surface area contributed by atoms with E-state index in [2.05, 4.69) is 20.2 Å². The van der Waals surface area contributed by atoms with E-state index in [4.69, 9.17) is 27.9 Å². The molecule has 0 saturated carbocycles. The predicted molar refractivity (Wildman–Crippen MR) is 113 cm³/mol. The highest BCUT2D eigenvalue weighted by Gasteiger charge is 2.20. The molecule has 0 aliphatic rings. The Morgan fingerprint density at radius 3 is 2.73 bits per heavy atom. The Bertz CT molecular complexity index is 1200. The van der Waals surface area contributed by atoms with E-state index in [9.17, 15) is 9.50 Å². The minimum atomic E-state index is -0.660. The third-order valence-corrected chi connectivity index (χ3v) is 4.86. The van der Waals surface area contributed by atoms with Crippen molar-refractivity contribution in [2.75, 3.05) is 11.4 Å². The van der Waals surface area contributed by atoms with Crippen molar-refractivity contribution < 1.29 is 14.2 Å². The van der Waals surface area contributed by atoms with Crippen molar-refractivity contribution in [2.24, 2.45) is 0 Å². The van der Waals surface area contributed by atoms with Crippen LogP contribution in [0.5, 0.6) is 11.5 Å². The molecule has 0 aliphatic carbocycles. The van der Waals surface area contributed by atoms with Crippen LogP contribution in [0.4, 0.5) is 15.9 Å². The molecule has 0 saturated heterocycles. The standard InChI is InChI=1S/C20H16Cl2FN5O2/c1-11(29)9-28(20-14-8-26-27-19(14)24-10-25-20)17-4-3-13(7-15(17)21)30-18-5-2-12(23)6-16(18)22/h2-8,10-11,29H,9H2,1H3,(H,24,25,26,27). The second kappa shape index (κ2) is 8.43. The lowest BCUT2D eigenvalue weighted by Gasteiger charge is -2.26. The number of anilines is 2. The molecule has 154 valence electrons. The van der Waals surface area contributed by atoms with Crippen LogP contribution in [0, 0.1) is 5.82 Å². The highest BCUT2D eigenvalue weighted by molar-refractivity contribution is 6.33. The number of nitrogens with zero attached hydrogens (tertiary/aromatic N) is 4. The highest BCUT2D eigenvalue weighted by atomic mass is 35.5. The van der Waals surface area contributed by atoms with E-state index in [0.717, 1.165) is 0 Å². The van der Waals surface area contributed by atoms with Crippen molar-refractivity contribution in [3.8, 4) is 11.5 Å². The average Bonchev–Trinajstić information content (AvgIpc) is 3.18. The van der Waals surface area contributed by atoms with Crippen molar-refractivity contribution >= 4 is 45.7 Å². The summed E-state index contributed by atoms with van der Waals surface area (Å²) in [6.07, 6.45) is 2.36. The van der Waals surface area contributed by atoms with Crippen molar-refractivity contribution in [3.63, 3.8) is 0 Å². The first-order chi connectivity index (χ1) is 14.4. The van der Waals surface area contributed by atoms with Gasteiger partial charge >= 0.3 is 0 Å². The molecule has 10 heteroatoms. The fraction of sp³-hybridized carbons (Fsp3) is 0.150. The molecule has 2 aromatic carbocycles. The van der Waals surface area contributed by atoms with Gasteiger partial charge in [-0.3, -0.25) is 5.10 Å². The maximum absolute atomic E-state index is 13.2. The third kappa shape index (κ3) is 4.16. The minimum absolute atomic E-state index is 0.147. The van der Waals surface area contributed by atoms with Crippen LogP contribution >= 0.6 is 23.2 Å². The molecular formula is C20H16Cl2FN5O2. The van der Waals surface area contributed by atoms with Gasteiger partial charge in [-0.25, -0.2) is 14.4 Å². The van der Waals surface area contributed by atoms with Crippen LogP contribution in [0.25, 0.3) is 11.0 Å². The lowest BCUT2D eigenvalue weighted by atomic mass is 10.2. The molecule has 2 aromatic heterocycles. The topological polar surface area (TPSA) is 87.2 Å². The van der Waals surface area contributed by atoms with Gasteiger partial charge in [0.25, 0.3) is 0 Å². The van der Waals surface area contributed by atoms with Gasteiger partial charge in [-0.1, -0.05) is 23.2 Å². The molecule has 0 amide bonds. The maximum atomic E-state index is 13.2. The van der Waals surface area contributed by atoms with E-state index in [-0.39, 0.29) is 11.6 Å².